The summed E-state index contributed by atoms with van der Waals surface area (Å²) < 4.78 is 5.69. The van der Waals surface area contributed by atoms with Gasteiger partial charge in [-0.1, -0.05) is 52.3 Å². The average Bonchev–Trinajstić information content (AvgIpc) is 2.92. The number of hydrogen-bond acceptors (Lipinski definition) is 2. The Morgan fingerprint density at radius 3 is 2.75 bits per heavy atom. The van der Waals surface area contributed by atoms with Crippen LogP contribution in [0.5, 0.6) is 5.75 Å². The third kappa shape index (κ3) is 2.56. The lowest BCUT2D eigenvalue weighted by Crippen LogP contribution is -2.31. The van der Waals surface area contributed by atoms with Crippen molar-refractivity contribution in [1.82, 2.24) is 0 Å². The molecule has 0 saturated carbocycles. The van der Waals surface area contributed by atoms with Gasteiger partial charge >= 0.3 is 0 Å². The second kappa shape index (κ2) is 5.67. The maximum Gasteiger partial charge on any atom is 0.265 e. The molecule has 1 atom stereocenters. The Kier molecular flexibility index (Phi) is 3.74. The number of amides is 1. The van der Waals surface area contributed by atoms with Gasteiger partial charge in [-0.15, -0.1) is 0 Å². The number of fused-ring (bicyclic) bond motifs is 1. The van der Waals surface area contributed by atoms with Crippen molar-refractivity contribution in [3.63, 3.8) is 0 Å². The third-order valence-corrected chi connectivity index (χ3v) is 3.96. The summed E-state index contributed by atoms with van der Waals surface area (Å²) in [6.45, 7) is 0. The van der Waals surface area contributed by atoms with Gasteiger partial charge in [-0.25, -0.2) is 0 Å². The van der Waals surface area contributed by atoms with Crippen LogP contribution in [-0.4, -0.2) is 12.0 Å². The molecule has 0 aliphatic carbocycles. The minimum absolute atomic E-state index is 0.102. The van der Waals surface area contributed by atoms with E-state index in [0.29, 0.717) is 11.8 Å². The fourth-order valence-corrected chi connectivity index (χ4v) is 2.79. The Morgan fingerprint density at radius 2 is 1.95 bits per heavy atom. The number of anilines is 1. The number of hydrogen-bond donors (Lipinski definition) is 1. The number of para-hydroxylation sites is 2. The minimum Gasteiger partial charge on any atom is -0.480 e. The van der Waals surface area contributed by atoms with Crippen molar-refractivity contribution >= 4 is 27.5 Å². The molecular weight excluding hydrogens is 318 g/mol. The Bertz CT molecular complexity index is 617. The zero-order valence-corrected chi connectivity index (χ0v) is 12.4. The van der Waals surface area contributed by atoms with E-state index in [1.54, 1.807) is 0 Å². The second-order valence-corrected chi connectivity index (χ2v) is 5.26. The minimum atomic E-state index is -0.448. The van der Waals surface area contributed by atoms with Crippen molar-refractivity contribution in [2.75, 3.05) is 5.32 Å². The van der Waals surface area contributed by atoms with Gasteiger partial charge in [-0.05, 0) is 23.3 Å². The van der Waals surface area contributed by atoms with Gasteiger partial charge in [-0.2, -0.15) is 0 Å². The van der Waals surface area contributed by atoms with Crippen LogP contribution in [0.25, 0.3) is 0 Å². The highest BCUT2D eigenvalue weighted by Gasteiger charge is 2.28. The second-order valence-electron chi connectivity index (χ2n) is 4.70. The monoisotopic (exact) mass is 331 g/mol. The molecule has 0 bridgehead atoms. The van der Waals surface area contributed by atoms with E-state index in [0.717, 1.165) is 22.6 Å². The number of carbonyl (C=O) groups is 1. The van der Waals surface area contributed by atoms with Crippen LogP contribution in [0.1, 0.15) is 11.1 Å². The van der Waals surface area contributed by atoms with Crippen molar-refractivity contribution in [3.05, 3.63) is 59.7 Å². The van der Waals surface area contributed by atoms with Gasteiger partial charge < -0.3 is 10.1 Å². The Hall–Kier alpha value is -1.81. The fraction of sp³-hybridized carbons (Fsp3) is 0.188. The standard InChI is InChI=1S/C16H14BrNO2/c17-10-12-6-1-3-7-13(12)18-16(19)15-9-11-5-2-4-8-14(11)20-15/h1-8,15H,9-10H2,(H,18,19). The SMILES string of the molecule is O=C(Nc1ccccc1CBr)C1Cc2ccccc2O1. The lowest BCUT2D eigenvalue weighted by atomic mass is 10.1. The Balaban J connectivity index is 1.72. The van der Waals surface area contributed by atoms with Crippen LogP contribution in [0.3, 0.4) is 0 Å². The first kappa shape index (κ1) is 13.2. The van der Waals surface area contributed by atoms with Gasteiger partial charge in [0.25, 0.3) is 5.91 Å². The molecule has 2 aromatic carbocycles. The van der Waals surface area contributed by atoms with E-state index >= 15 is 0 Å². The number of alkyl halides is 1. The van der Waals surface area contributed by atoms with E-state index in [9.17, 15) is 4.79 Å². The highest BCUT2D eigenvalue weighted by atomic mass is 79.9. The molecule has 1 amide bonds. The molecule has 1 aliphatic heterocycles. The lowest BCUT2D eigenvalue weighted by Gasteiger charge is -2.13. The number of nitrogens with one attached hydrogen (secondary N) is 1. The molecule has 0 aromatic heterocycles. The topological polar surface area (TPSA) is 38.3 Å². The number of ether oxygens (including phenoxy) is 1. The molecule has 1 heterocycles. The Morgan fingerprint density at radius 1 is 1.20 bits per heavy atom. The highest BCUT2D eigenvalue weighted by molar-refractivity contribution is 9.08. The van der Waals surface area contributed by atoms with E-state index in [2.05, 4.69) is 21.2 Å². The van der Waals surface area contributed by atoms with Crippen LogP contribution in [0.15, 0.2) is 48.5 Å². The molecule has 3 rings (SSSR count). The smallest absolute Gasteiger partial charge is 0.265 e. The first-order valence-electron chi connectivity index (χ1n) is 6.47. The molecule has 1 unspecified atom stereocenters. The summed E-state index contributed by atoms with van der Waals surface area (Å²) in [5.74, 6) is 0.705. The number of halogens is 1. The summed E-state index contributed by atoms with van der Waals surface area (Å²) in [6.07, 6.45) is 0.175. The number of carbonyl (C=O) groups excluding carboxylic acids is 1. The number of benzene rings is 2. The highest BCUT2D eigenvalue weighted by Crippen LogP contribution is 2.29. The first-order chi connectivity index (χ1) is 9.78. The van der Waals surface area contributed by atoms with Crippen LogP contribution >= 0.6 is 15.9 Å². The van der Waals surface area contributed by atoms with Crippen molar-refractivity contribution in [3.8, 4) is 5.75 Å². The van der Waals surface area contributed by atoms with Gasteiger partial charge in [-0.3, -0.25) is 4.79 Å². The van der Waals surface area contributed by atoms with Crippen molar-refractivity contribution < 1.29 is 9.53 Å². The first-order valence-corrected chi connectivity index (χ1v) is 7.59. The molecule has 1 aliphatic rings. The largest absolute Gasteiger partial charge is 0.480 e. The van der Waals surface area contributed by atoms with Gasteiger partial charge in [0.2, 0.25) is 0 Å². The summed E-state index contributed by atoms with van der Waals surface area (Å²) in [5, 5.41) is 3.65. The molecule has 102 valence electrons. The van der Waals surface area contributed by atoms with Gasteiger partial charge in [0.1, 0.15) is 5.75 Å². The molecule has 2 aromatic rings. The zero-order chi connectivity index (χ0) is 13.9. The molecule has 0 spiro atoms. The quantitative estimate of drug-likeness (QED) is 0.874. The normalized spacial score (nSPS) is 16.4. The van der Waals surface area contributed by atoms with E-state index in [-0.39, 0.29) is 5.91 Å². The lowest BCUT2D eigenvalue weighted by molar-refractivity contribution is -0.122. The van der Waals surface area contributed by atoms with Crippen LogP contribution in [0.4, 0.5) is 5.69 Å². The van der Waals surface area contributed by atoms with Crippen LogP contribution in [-0.2, 0) is 16.5 Å². The Labute approximate surface area is 126 Å². The number of rotatable bonds is 3. The average molecular weight is 332 g/mol. The maximum absolute atomic E-state index is 12.3. The van der Waals surface area contributed by atoms with Crippen LogP contribution in [0, 0.1) is 0 Å². The predicted molar refractivity (Wildman–Crippen MR) is 82.3 cm³/mol. The third-order valence-electron chi connectivity index (χ3n) is 3.36. The van der Waals surface area contributed by atoms with Crippen molar-refractivity contribution in [2.45, 2.75) is 17.9 Å². The molecular formula is C16H14BrNO2. The van der Waals surface area contributed by atoms with E-state index in [1.165, 1.54) is 0 Å². The molecule has 20 heavy (non-hydrogen) atoms. The molecule has 0 fully saturated rings. The summed E-state index contributed by atoms with van der Waals surface area (Å²) >= 11 is 3.42. The summed E-state index contributed by atoms with van der Waals surface area (Å²) in [5.41, 5.74) is 2.96. The fourth-order valence-electron chi connectivity index (χ4n) is 2.30. The zero-order valence-electron chi connectivity index (χ0n) is 10.8. The van der Waals surface area contributed by atoms with Crippen molar-refractivity contribution in [1.29, 1.82) is 0 Å². The van der Waals surface area contributed by atoms with Gasteiger partial charge in [0.05, 0.1) is 0 Å². The van der Waals surface area contributed by atoms with E-state index < -0.39 is 6.10 Å². The van der Waals surface area contributed by atoms with Gasteiger partial charge in [0, 0.05) is 17.4 Å². The predicted octanol–water partition coefficient (Wildman–Crippen LogP) is 3.52. The van der Waals surface area contributed by atoms with Crippen LogP contribution in [0.2, 0.25) is 0 Å². The maximum atomic E-state index is 12.3. The molecule has 1 N–H and O–H groups in total. The van der Waals surface area contributed by atoms with Crippen molar-refractivity contribution in [2.24, 2.45) is 0 Å². The molecule has 3 nitrogen and oxygen atoms in total. The summed E-state index contributed by atoms with van der Waals surface area (Å²) in [7, 11) is 0. The molecule has 0 radical (unpaired) electrons. The summed E-state index contributed by atoms with van der Waals surface area (Å²) in [6, 6.07) is 15.5. The van der Waals surface area contributed by atoms with E-state index in [4.69, 9.17) is 4.74 Å². The summed E-state index contributed by atoms with van der Waals surface area (Å²) in [4.78, 5) is 12.3. The van der Waals surface area contributed by atoms with E-state index in [1.807, 2.05) is 48.5 Å². The van der Waals surface area contributed by atoms with Gasteiger partial charge in [0.15, 0.2) is 6.10 Å². The van der Waals surface area contributed by atoms with Crippen LogP contribution < -0.4 is 10.1 Å². The molecule has 0 saturated heterocycles. The molecule has 4 heteroatoms.